The van der Waals surface area contributed by atoms with E-state index in [0.717, 1.165) is 5.56 Å². The average Bonchev–Trinajstić information content (AvgIpc) is 2.86. The molecule has 1 aromatic rings. The number of hydrogen-bond acceptors (Lipinski definition) is 7. The molecule has 3 atom stereocenters. The first kappa shape index (κ1) is 29.1. The molecular weight excluding hydrogens is 480 g/mol. The third-order valence-electron chi connectivity index (χ3n) is 5.57. The molecule has 0 saturated heterocycles. The van der Waals surface area contributed by atoms with Gasteiger partial charge in [0.25, 0.3) is 0 Å². The van der Waals surface area contributed by atoms with Gasteiger partial charge in [0.15, 0.2) is 5.96 Å². The lowest BCUT2D eigenvalue weighted by atomic mass is 10.0. The minimum Gasteiger partial charge on any atom is -0.490 e. The summed E-state index contributed by atoms with van der Waals surface area (Å²) in [7, 11) is 1.23. The van der Waals surface area contributed by atoms with Crippen LogP contribution in [0.1, 0.15) is 38.2 Å². The number of nitrogens with two attached hydrogens (primary N) is 2. The van der Waals surface area contributed by atoms with E-state index in [9.17, 15) is 19.2 Å². The minimum absolute atomic E-state index is 0.0305. The Morgan fingerprint density at radius 2 is 1.84 bits per heavy atom. The van der Waals surface area contributed by atoms with Crippen molar-refractivity contribution in [2.45, 2.75) is 57.2 Å². The van der Waals surface area contributed by atoms with Crippen molar-refractivity contribution in [1.29, 1.82) is 0 Å². The van der Waals surface area contributed by atoms with Crippen LogP contribution in [0.25, 0.3) is 0 Å². The summed E-state index contributed by atoms with van der Waals surface area (Å²) in [4.78, 5) is 54.5. The Hall–Kier alpha value is -4.09. The molecule has 0 aromatic heterocycles. The van der Waals surface area contributed by atoms with E-state index in [1.807, 2.05) is 0 Å². The molecule has 12 nitrogen and oxygen atoms in total. The maximum atomic E-state index is 13.2. The van der Waals surface area contributed by atoms with E-state index in [-0.39, 0.29) is 37.7 Å². The van der Waals surface area contributed by atoms with Gasteiger partial charge >= 0.3 is 5.97 Å². The van der Waals surface area contributed by atoms with Crippen molar-refractivity contribution in [3.8, 4) is 5.75 Å². The summed E-state index contributed by atoms with van der Waals surface area (Å²) < 4.78 is 10.5. The molecule has 37 heavy (non-hydrogen) atoms. The second-order valence-electron chi connectivity index (χ2n) is 8.57. The third-order valence-corrected chi connectivity index (χ3v) is 5.57. The van der Waals surface area contributed by atoms with Gasteiger partial charge < -0.3 is 36.9 Å². The molecule has 0 spiro atoms. The van der Waals surface area contributed by atoms with Gasteiger partial charge in [-0.05, 0) is 43.4 Å². The van der Waals surface area contributed by atoms with Crippen molar-refractivity contribution in [3.05, 3.63) is 42.0 Å². The van der Waals surface area contributed by atoms with E-state index < -0.39 is 35.9 Å². The normalized spacial score (nSPS) is 21.4. The van der Waals surface area contributed by atoms with E-state index in [0.29, 0.717) is 25.1 Å². The molecule has 12 heteroatoms. The number of esters is 1. The van der Waals surface area contributed by atoms with Crippen LogP contribution in [-0.4, -0.2) is 68.0 Å². The summed E-state index contributed by atoms with van der Waals surface area (Å²) >= 11 is 0. The third kappa shape index (κ3) is 10.6. The Morgan fingerprint density at radius 1 is 1.11 bits per heavy atom. The quantitative estimate of drug-likeness (QED) is 0.107. The van der Waals surface area contributed by atoms with E-state index in [4.69, 9.17) is 20.9 Å². The van der Waals surface area contributed by atoms with Crippen LogP contribution in [0.4, 0.5) is 0 Å². The number of ether oxygens (including phenoxy) is 2. The van der Waals surface area contributed by atoms with Crippen LogP contribution >= 0.6 is 0 Å². The second kappa shape index (κ2) is 15.1. The van der Waals surface area contributed by atoms with Gasteiger partial charge in [-0.25, -0.2) is 4.79 Å². The van der Waals surface area contributed by atoms with Gasteiger partial charge in [0.1, 0.15) is 30.5 Å². The van der Waals surface area contributed by atoms with Crippen LogP contribution in [-0.2, 0) is 30.3 Å². The molecule has 2 aliphatic rings. The lowest BCUT2D eigenvalue weighted by Gasteiger charge is -2.24. The molecule has 0 fully saturated rings. The van der Waals surface area contributed by atoms with Crippen molar-refractivity contribution in [2.24, 2.45) is 16.5 Å². The summed E-state index contributed by atoms with van der Waals surface area (Å²) in [6, 6.07) is 4.30. The van der Waals surface area contributed by atoms with Crippen LogP contribution in [0.5, 0.6) is 5.75 Å². The van der Waals surface area contributed by atoms with E-state index in [1.54, 1.807) is 36.4 Å². The number of fused-ring (bicyclic) bond motifs is 13. The fourth-order valence-corrected chi connectivity index (χ4v) is 3.69. The zero-order chi connectivity index (χ0) is 27.2. The zero-order valence-corrected chi connectivity index (χ0v) is 21.2. The molecule has 0 unspecified atom stereocenters. The number of hydrogen-bond donors (Lipinski definition) is 5. The Kier molecular flexibility index (Phi) is 11.9. The first-order chi connectivity index (χ1) is 17.7. The molecule has 0 radical (unpaired) electrons. The summed E-state index contributed by atoms with van der Waals surface area (Å²) in [5.41, 5.74) is 11.5. The number of methoxy groups -OCH3 is 1. The molecule has 2 bridgehead atoms. The topological polar surface area (TPSA) is 187 Å². The fraction of sp³-hybridized carbons (Fsp3) is 0.480. The molecule has 0 aliphatic carbocycles. The van der Waals surface area contributed by atoms with Crippen LogP contribution in [0.3, 0.4) is 0 Å². The van der Waals surface area contributed by atoms with E-state index in [1.165, 1.54) is 14.0 Å². The van der Waals surface area contributed by atoms with Crippen LogP contribution < -0.4 is 32.2 Å². The predicted octanol–water partition coefficient (Wildman–Crippen LogP) is -0.341. The minimum atomic E-state index is -0.972. The van der Waals surface area contributed by atoms with E-state index >= 15 is 0 Å². The highest BCUT2D eigenvalue weighted by atomic mass is 16.5. The number of amides is 3. The predicted molar refractivity (Wildman–Crippen MR) is 137 cm³/mol. The summed E-state index contributed by atoms with van der Waals surface area (Å²) in [6.07, 6.45) is 5.17. The SMILES string of the molecule is COC(=O)[C@@H]1C/C=C\COc2ccc(cc2)C[C@H](NC(C)=O)C(=O)N[C@@H](CCCCN=C(N)N)C(=O)N1. The summed E-state index contributed by atoms with van der Waals surface area (Å²) in [5, 5.41) is 8.05. The smallest absolute Gasteiger partial charge is 0.328 e. The highest BCUT2D eigenvalue weighted by Crippen LogP contribution is 2.15. The summed E-state index contributed by atoms with van der Waals surface area (Å²) in [5.74, 6) is -1.50. The van der Waals surface area contributed by atoms with Crippen molar-refractivity contribution in [3.63, 3.8) is 0 Å². The molecule has 3 rings (SSSR count). The van der Waals surface area contributed by atoms with Gasteiger partial charge in [-0.2, -0.15) is 0 Å². The van der Waals surface area contributed by atoms with Gasteiger partial charge in [-0.3, -0.25) is 19.4 Å². The second-order valence-corrected chi connectivity index (χ2v) is 8.57. The molecule has 2 aliphatic heterocycles. The van der Waals surface area contributed by atoms with Gasteiger partial charge in [0.2, 0.25) is 17.7 Å². The number of benzene rings is 1. The Morgan fingerprint density at radius 3 is 2.49 bits per heavy atom. The van der Waals surface area contributed by atoms with Gasteiger partial charge in [-0.1, -0.05) is 24.3 Å². The van der Waals surface area contributed by atoms with Crippen molar-refractivity contribution >= 4 is 29.7 Å². The molecule has 3 amide bonds. The van der Waals surface area contributed by atoms with Crippen molar-refractivity contribution < 1.29 is 28.7 Å². The number of guanidine groups is 1. The number of rotatable bonds is 7. The first-order valence-electron chi connectivity index (χ1n) is 12.1. The largest absolute Gasteiger partial charge is 0.490 e. The van der Waals surface area contributed by atoms with Crippen LogP contribution in [0.2, 0.25) is 0 Å². The molecular formula is C25H36N6O6. The average molecular weight is 517 g/mol. The maximum Gasteiger partial charge on any atom is 0.328 e. The molecule has 1 aromatic carbocycles. The maximum absolute atomic E-state index is 13.2. The Labute approximate surface area is 216 Å². The monoisotopic (exact) mass is 516 g/mol. The highest BCUT2D eigenvalue weighted by molar-refractivity contribution is 5.93. The highest BCUT2D eigenvalue weighted by Gasteiger charge is 2.29. The molecule has 2 heterocycles. The Balaban J connectivity index is 2.31. The summed E-state index contributed by atoms with van der Waals surface area (Å²) in [6.45, 7) is 1.94. The first-order valence-corrected chi connectivity index (χ1v) is 12.1. The number of carbonyl (C=O) groups is 4. The molecule has 7 N–H and O–H groups in total. The Bertz CT molecular complexity index is 990. The van der Waals surface area contributed by atoms with E-state index in [2.05, 4.69) is 20.9 Å². The lowest BCUT2D eigenvalue weighted by Crippen LogP contribution is -2.56. The number of nitrogens with zero attached hydrogens (tertiary/aromatic N) is 1. The van der Waals surface area contributed by atoms with Crippen molar-refractivity contribution in [2.75, 3.05) is 20.3 Å². The van der Waals surface area contributed by atoms with Gasteiger partial charge in [-0.15, -0.1) is 0 Å². The fourth-order valence-electron chi connectivity index (χ4n) is 3.69. The number of nitrogens with one attached hydrogen (secondary N) is 3. The van der Waals surface area contributed by atoms with Crippen LogP contribution in [0, 0.1) is 0 Å². The number of unbranched alkanes of at least 4 members (excludes halogenated alkanes) is 1. The van der Waals surface area contributed by atoms with Gasteiger partial charge in [0, 0.05) is 19.9 Å². The van der Waals surface area contributed by atoms with Crippen LogP contribution in [0.15, 0.2) is 41.4 Å². The molecule has 0 saturated carbocycles. The number of aliphatic imine (C=N–C) groups is 1. The molecule has 202 valence electrons. The zero-order valence-electron chi connectivity index (χ0n) is 21.2. The van der Waals surface area contributed by atoms with Crippen molar-refractivity contribution in [1.82, 2.24) is 16.0 Å². The lowest BCUT2D eigenvalue weighted by molar-refractivity contribution is -0.145. The number of carbonyl (C=O) groups excluding carboxylic acids is 4. The van der Waals surface area contributed by atoms with Gasteiger partial charge in [0.05, 0.1) is 7.11 Å². The standard InChI is InChI=1S/C25H36N6O6/c1-16(32)29-21-15-17-9-11-18(12-10-17)37-14-6-4-8-20(24(35)36-2)31-22(33)19(30-23(21)34)7-3-5-13-28-25(26)27/h4,6,9-12,19-21H,3,5,7-8,13-15H2,1-2H3,(H,29,32)(H,30,34)(H,31,33)(H4,26,27,28)/b6-4-/t19-,20-,21-/m0/s1.